The Morgan fingerprint density at radius 3 is 1.79 bits per heavy atom. The number of pyridine rings is 2. The highest BCUT2D eigenvalue weighted by Gasteiger charge is 2.28. The average molecular weight is 858 g/mol. The molecule has 0 fully saturated rings. The van der Waals surface area contributed by atoms with E-state index >= 15 is 0 Å². The summed E-state index contributed by atoms with van der Waals surface area (Å²) in [4.78, 5) is 17.0. The van der Waals surface area contributed by atoms with Crippen LogP contribution in [0, 0.1) is 0 Å². The van der Waals surface area contributed by atoms with Crippen LogP contribution in [0.2, 0.25) is 0 Å². The number of ether oxygens (including phenoxy) is 1. The molecule has 6 heteroatoms. The molecule has 10 aromatic rings. The largest absolute Gasteiger partial charge is 0.421 e. The Morgan fingerprint density at radius 2 is 1.11 bits per heavy atom. The van der Waals surface area contributed by atoms with E-state index in [4.69, 9.17) is 19.7 Å². The van der Waals surface area contributed by atoms with Crippen LogP contribution in [-0.4, -0.2) is 15.0 Å². The number of rotatable bonds is 6. The Balaban J connectivity index is 1.21. The van der Waals surface area contributed by atoms with Crippen LogP contribution in [0.3, 0.4) is 0 Å². The first-order chi connectivity index (χ1) is 30.1. The number of nitrogens with zero attached hydrogens (tertiary/aromatic N) is 3. The van der Waals surface area contributed by atoms with Crippen LogP contribution in [0.25, 0.3) is 85.4 Å². The zero-order valence-electron chi connectivity index (χ0n) is 37.4. The number of benzene rings is 6. The lowest BCUT2D eigenvalue weighted by atomic mass is 9.74. The summed E-state index contributed by atoms with van der Waals surface area (Å²) in [5.74, 6) is 0.995. The van der Waals surface area contributed by atoms with Crippen molar-refractivity contribution in [3.8, 4) is 56.0 Å². The Labute approximate surface area is 378 Å². The van der Waals surface area contributed by atoms with Crippen molar-refractivity contribution in [1.29, 1.82) is 0 Å². The first-order valence-electron chi connectivity index (χ1n) is 21.8. The Morgan fingerprint density at radius 1 is 0.460 bits per heavy atom. The van der Waals surface area contributed by atoms with Crippen molar-refractivity contribution in [1.82, 2.24) is 15.0 Å². The molecule has 0 aliphatic rings. The summed E-state index contributed by atoms with van der Waals surface area (Å²) in [5, 5.41) is 6.78. The van der Waals surface area contributed by atoms with E-state index in [1.165, 1.54) is 42.4 Å². The molecule has 0 aliphatic carbocycles. The van der Waals surface area contributed by atoms with E-state index < -0.39 is 0 Å². The van der Waals surface area contributed by atoms with Gasteiger partial charge in [0.25, 0.3) is 0 Å². The van der Waals surface area contributed by atoms with Crippen molar-refractivity contribution < 1.29 is 4.74 Å². The maximum Gasteiger partial charge on any atom is 0.222 e. The smallest absolute Gasteiger partial charge is 0.222 e. The number of fused-ring (bicyclic) bond motifs is 6. The van der Waals surface area contributed by atoms with Crippen molar-refractivity contribution in [3.05, 3.63) is 162 Å². The van der Waals surface area contributed by atoms with Crippen LogP contribution in [-0.2, 0) is 16.2 Å². The minimum atomic E-state index is -0.104. The standard InChI is InChI=1S/C57H51N3OS2/c1-55(2,3)39-27-28-41-37(29-39)32-47(59-50(41)42-30-36-23-16-17-24-40(36)49-51(42)62-54-52(49)63-53(60-54)35-21-14-11-15-22-35)61-46-33-38(31-45(58-46)34-19-12-10-13-20-34)48-43(56(4,5)6)25-18-26-44(48)57(7,8)9/h10-33H,1-9H3. The van der Waals surface area contributed by atoms with E-state index in [2.05, 4.69) is 202 Å². The molecule has 0 atom stereocenters. The zero-order valence-corrected chi connectivity index (χ0v) is 39.1. The molecule has 0 saturated heterocycles. The van der Waals surface area contributed by atoms with Gasteiger partial charge in [0.15, 0.2) is 0 Å². The highest BCUT2D eigenvalue weighted by Crippen LogP contribution is 2.49. The lowest BCUT2D eigenvalue weighted by Gasteiger charge is -2.30. The number of aromatic nitrogens is 3. The lowest BCUT2D eigenvalue weighted by molar-refractivity contribution is 0.447. The second-order valence-corrected chi connectivity index (χ2v) is 21.7. The van der Waals surface area contributed by atoms with Gasteiger partial charge in [0.2, 0.25) is 11.8 Å². The predicted molar refractivity (Wildman–Crippen MR) is 270 cm³/mol. The topological polar surface area (TPSA) is 47.9 Å². The van der Waals surface area contributed by atoms with Crippen LogP contribution in [0.4, 0.5) is 0 Å². The molecule has 10 rings (SSSR count). The molecule has 0 amide bonds. The number of hydrogen-bond donors (Lipinski definition) is 0. The summed E-state index contributed by atoms with van der Waals surface area (Å²) in [7, 11) is 0. The summed E-state index contributed by atoms with van der Waals surface area (Å²) in [6.45, 7) is 20.5. The second kappa shape index (κ2) is 15.3. The van der Waals surface area contributed by atoms with Gasteiger partial charge in [-0.3, -0.25) is 0 Å². The summed E-state index contributed by atoms with van der Waals surface area (Å²) >= 11 is 3.52. The van der Waals surface area contributed by atoms with Crippen molar-refractivity contribution in [2.45, 2.75) is 78.6 Å². The maximum absolute atomic E-state index is 7.03. The van der Waals surface area contributed by atoms with Crippen LogP contribution in [0.5, 0.6) is 11.8 Å². The molecule has 0 aliphatic heterocycles. The van der Waals surface area contributed by atoms with E-state index in [1.807, 2.05) is 6.07 Å². The molecule has 63 heavy (non-hydrogen) atoms. The lowest BCUT2D eigenvalue weighted by Crippen LogP contribution is -2.19. The second-order valence-electron chi connectivity index (χ2n) is 19.7. The minimum absolute atomic E-state index is 0.0548. The highest BCUT2D eigenvalue weighted by atomic mass is 32.1. The van der Waals surface area contributed by atoms with Crippen molar-refractivity contribution >= 4 is 63.8 Å². The summed E-state index contributed by atoms with van der Waals surface area (Å²) < 4.78 is 9.41. The van der Waals surface area contributed by atoms with Gasteiger partial charge in [0, 0.05) is 44.3 Å². The van der Waals surface area contributed by atoms with Crippen molar-refractivity contribution in [3.63, 3.8) is 0 Å². The van der Waals surface area contributed by atoms with Gasteiger partial charge in [-0.15, -0.1) is 22.7 Å². The van der Waals surface area contributed by atoms with E-state index in [9.17, 15) is 0 Å². The van der Waals surface area contributed by atoms with Gasteiger partial charge in [0.1, 0.15) is 9.84 Å². The van der Waals surface area contributed by atoms with E-state index in [0.29, 0.717) is 11.8 Å². The average Bonchev–Trinajstić information content (AvgIpc) is 3.84. The predicted octanol–water partition coefficient (Wildman–Crippen LogP) is 17.0. The van der Waals surface area contributed by atoms with Crippen LogP contribution in [0.1, 0.15) is 79.0 Å². The molecule has 312 valence electrons. The van der Waals surface area contributed by atoms with E-state index in [-0.39, 0.29) is 16.2 Å². The fourth-order valence-corrected chi connectivity index (χ4v) is 11.3. The van der Waals surface area contributed by atoms with Gasteiger partial charge in [-0.05, 0) is 72.4 Å². The number of thiophene rings is 1. The fourth-order valence-electron chi connectivity index (χ4n) is 8.81. The van der Waals surface area contributed by atoms with Gasteiger partial charge in [-0.25, -0.2) is 15.0 Å². The maximum atomic E-state index is 7.03. The zero-order chi connectivity index (χ0) is 43.8. The summed E-state index contributed by atoms with van der Waals surface area (Å²) in [5.41, 5.74) is 10.8. The molecule has 4 aromatic heterocycles. The Hall–Kier alpha value is -6.21. The normalized spacial score (nSPS) is 12.5. The third kappa shape index (κ3) is 7.59. The number of hydrogen-bond acceptors (Lipinski definition) is 6. The highest BCUT2D eigenvalue weighted by molar-refractivity contribution is 7.33. The van der Waals surface area contributed by atoms with E-state index in [1.54, 1.807) is 22.7 Å². The SMILES string of the molecule is CC(C)(C)c1ccc2c(-c3cc4ccccc4c4c3sc3nc(-c5ccccc5)sc34)nc(Oc3cc(-c4c(C(C)(C)C)cccc4C(C)(C)C)cc(-c4ccccc4)n3)cc2c1. The molecule has 0 saturated carbocycles. The Bertz CT molecular complexity index is 3330. The van der Waals surface area contributed by atoms with Gasteiger partial charge >= 0.3 is 0 Å². The third-order valence-electron chi connectivity index (χ3n) is 12.0. The number of thiazole rings is 1. The minimum Gasteiger partial charge on any atom is -0.421 e. The van der Waals surface area contributed by atoms with Gasteiger partial charge in [-0.2, -0.15) is 0 Å². The molecular weight excluding hydrogens is 807 g/mol. The van der Waals surface area contributed by atoms with Crippen molar-refractivity contribution in [2.75, 3.05) is 0 Å². The van der Waals surface area contributed by atoms with Crippen molar-refractivity contribution in [2.24, 2.45) is 0 Å². The van der Waals surface area contributed by atoms with Crippen LogP contribution >= 0.6 is 22.7 Å². The Kier molecular flexibility index (Phi) is 9.89. The molecule has 6 aromatic carbocycles. The first kappa shape index (κ1) is 40.8. The first-order valence-corrected chi connectivity index (χ1v) is 23.4. The molecule has 0 spiro atoms. The molecule has 0 bridgehead atoms. The summed E-state index contributed by atoms with van der Waals surface area (Å²) in [6, 6.07) is 51.9. The summed E-state index contributed by atoms with van der Waals surface area (Å²) in [6.07, 6.45) is 0. The molecule has 0 unspecified atom stereocenters. The van der Waals surface area contributed by atoms with Gasteiger partial charge in [0.05, 0.1) is 16.1 Å². The van der Waals surface area contributed by atoms with Crippen LogP contribution < -0.4 is 4.74 Å². The molecular formula is C57H51N3OS2. The van der Waals surface area contributed by atoms with Gasteiger partial charge < -0.3 is 4.74 Å². The molecule has 0 N–H and O–H groups in total. The third-order valence-corrected chi connectivity index (χ3v) is 14.4. The fraction of sp³-hybridized carbons (Fsp3) is 0.211. The molecule has 4 heterocycles. The van der Waals surface area contributed by atoms with Gasteiger partial charge in [-0.1, -0.05) is 184 Å². The monoisotopic (exact) mass is 857 g/mol. The molecule has 4 nitrogen and oxygen atoms in total. The van der Waals surface area contributed by atoms with E-state index in [0.717, 1.165) is 59.6 Å². The van der Waals surface area contributed by atoms with Crippen LogP contribution in [0.15, 0.2) is 146 Å². The molecule has 0 radical (unpaired) electrons. The quantitative estimate of drug-likeness (QED) is 0.167.